The lowest BCUT2D eigenvalue weighted by atomic mass is 9.96. The Labute approximate surface area is 62.8 Å². The summed E-state index contributed by atoms with van der Waals surface area (Å²) in [4.78, 5) is 10.4. The van der Waals surface area contributed by atoms with Crippen molar-refractivity contribution in [3.63, 3.8) is 0 Å². The van der Waals surface area contributed by atoms with Gasteiger partial charge in [-0.3, -0.25) is 4.79 Å². The Morgan fingerprint density at radius 3 is 2.20 bits per heavy atom. The van der Waals surface area contributed by atoms with Crippen LogP contribution in [0.5, 0.6) is 0 Å². The number of amides is 1. The lowest BCUT2D eigenvalue weighted by Crippen LogP contribution is -2.15. The first-order valence-electron chi connectivity index (χ1n) is 3.80. The quantitative estimate of drug-likeness (QED) is 0.637. The fourth-order valence-corrected chi connectivity index (χ4v) is 1.23. The number of carbonyl (C=O) groups is 1. The van der Waals surface area contributed by atoms with Crippen LogP contribution in [0.3, 0.4) is 0 Å². The minimum atomic E-state index is -0.187. The van der Waals surface area contributed by atoms with Crippen LogP contribution < -0.4 is 5.73 Å². The number of primary amides is 1. The molecular weight excluding hydrogens is 126 g/mol. The highest BCUT2D eigenvalue weighted by molar-refractivity contribution is 5.73. The van der Waals surface area contributed by atoms with Crippen LogP contribution in [-0.2, 0) is 4.79 Å². The SMILES string of the molecule is CC(C)C[C@@H](C)CC(N)=O. The Morgan fingerprint density at radius 2 is 1.90 bits per heavy atom. The molecule has 0 saturated heterocycles. The van der Waals surface area contributed by atoms with E-state index in [1.807, 2.05) is 0 Å². The maximum absolute atomic E-state index is 10.4. The molecule has 1 amide bonds. The van der Waals surface area contributed by atoms with E-state index < -0.39 is 0 Å². The van der Waals surface area contributed by atoms with Crippen LogP contribution in [0.15, 0.2) is 0 Å². The Kier molecular flexibility index (Phi) is 4.08. The molecule has 1 atom stereocenters. The van der Waals surface area contributed by atoms with E-state index in [2.05, 4.69) is 20.8 Å². The predicted octanol–water partition coefficient (Wildman–Crippen LogP) is 1.54. The molecule has 0 aliphatic rings. The summed E-state index contributed by atoms with van der Waals surface area (Å²) in [6, 6.07) is 0. The molecule has 60 valence electrons. The summed E-state index contributed by atoms with van der Waals surface area (Å²) < 4.78 is 0. The zero-order chi connectivity index (χ0) is 8.15. The second kappa shape index (κ2) is 4.31. The van der Waals surface area contributed by atoms with E-state index in [0.717, 1.165) is 6.42 Å². The minimum Gasteiger partial charge on any atom is -0.370 e. The van der Waals surface area contributed by atoms with Crippen molar-refractivity contribution in [1.82, 2.24) is 0 Å². The molecule has 10 heavy (non-hydrogen) atoms. The third-order valence-electron chi connectivity index (χ3n) is 1.42. The number of hydrogen-bond acceptors (Lipinski definition) is 1. The van der Waals surface area contributed by atoms with E-state index in [0.29, 0.717) is 18.3 Å². The number of hydrogen-bond donors (Lipinski definition) is 1. The molecular formula is C8H17NO. The van der Waals surface area contributed by atoms with Gasteiger partial charge in [-0.25, -0.2) is 0 Å². The monoisotopic (exact) mass is 143 g/mol. The molecule has 0 aromatic heterocycles. The highest BCUT2D eigenvalue weighted by Gasteiger charge is 2.07. The summed E-state index contributed by atoms with van der Waals surface area (Å²) in [5.41, 5.74) is 5.03. The van der Waals surface area contributed by atoms with E-state index in [9.17, 15) is 4.79 Å². The Balaban J connectivity index is 3.43. The normalized spacial score (nSPS) is 13.6. The Bertz CT molecular complexity index is 110. The van der Waals surface area contributed by atoms with Crippen molar-refractivity contribution in [2.45, 2.75) is 33.6 Å². The maximum Gasteiger partial charge on any atom is 0.217 e. The first-order chi connectivity index (χ1) is 4.52. The molecule has 0 aliphatic carbocycles. The first-order valence-corrected chi connectivity index (χ1v) is 3.80. The molecule has 0 aliphatic heterocycles. The molecule has 2 nitrogen and oxygen atoms in total. The van der Waals surface area contributed by atoms with Crippen molar-refractivity contribution in [3.05, 3.63) is 0 Å². The average Bonchev–Trinajstić information content (AvgIpc) is 1.58. The van der Waals surface area contributed by atoms with Crippen molar-refractivity contribution in [1.29, 1.82) is 0 Å². The van der Waals surface area contributed by atoms with Gasteiger partial charge in [0.15, 0.2) is 0 Å². The standard InChI is InChI=1S/C8H17NO/c1-6(2)4-7(3)5-8(9)10/h6-7H,4-5H2,1-3H3,(H2,9,10)/t7-/m1/s1. The highest BCUT2D eigenvalue weighted by atomic mass is 16.1. The third-order valence-corrected chi connectivity index (χ3v) is 1.42. The van der Waals surface area contributed by atoms with Gasteiger partial charge in [-0.2, -0.15) is 0 Å². The van der Waals surface area contributed by atoms with Gasteiger partial charge in [0.25, 0.3) is 0 Å². The van der Waals surface area contributed by atoms with Crippen LogP contribution in [0.1, 0.15) is 33.6 Å². The van der Waals surface area contributed by atoms with Crippen molar-refractivity contribution >= 4 is 5.91 Å². The van der Waals surface area contributed by atoms with E-state index in [1.165, 1.54) is 0 Å². The Morgan fingerprint density at radius 1 is 1.40 bits per heavy atom. The van der Waals surface area contributed by atoms with E-state index >= 15 is 0 Å². The number of rotatable bonds is 4. The molecule has 0 radical (unpaired) electrons. The minimum absolute atomic E-state index is 0.187. The molecule has 0 bridgehead atoms. The molecule has 0 heterocycles. The van der Waals surface area contributed by atoms with Crippen molar-refractivity contribution in [2.75, 3.05) is 0 Å². The van der Waals surface area contributed by atoms with Gasteiger partial charge in [0, 0.05) is 6.42 Å². The topological polar surface area (TPSA) is 43.1 Å². The van der Waals surface area contributed by atoms with Crippen LogP contribution >= 0.6 is 0 Å². The van der Waals surface area contributed by atoms with Crippen molar-refractivity contribution in [2.24, 2.45) is 17.6 Å². The van der Waals surface area contributed by atoms with Crippen LogP contribution in [0.4, 0.5) is 0 Å². The molecule has 0 aromatic carbocycles. The van der Waals surface area contributed by atoms with Crippen molar-refractivity contribution in [3.8, 4) is 0 Å². The number of nitrogens with two attached hydrogens (primary N) is 1. The first kappa shape index (κ1) is 9.47. The Hall–Kier alpha value is -0.530. The van der Waals surface area contributed by atoms with Gasteiger partial charge < -0.3 is 5.73 Å². The zero-order valence-electron chi connectivity index (χ0n) is 7.05. The molecule has 0 rings (SSSR count). The summed E-state index contributed by atoms with van der Waals surface area (Å²) in [6.07, 6.45) is 1.61. The highest BCUT2D eigenvalue weighted by Crippen LogP contribution is 2.13. The smallest absolute Gasteiger partial charge is 0.217 e. The van der Waals surface area contributed by atoms with Gasteiger partial charge in [-0.1, -0.05) is 20.8 Å². The van der Waals surface area contributed by atoms with Gasteiger partial charge in [0.05, 0.1) is 0 Å². The van der Waals surface area contributed by atoms with Gasteiger partial charge in [-0.15, -0.1) is 0 Å². The zero-order valence-corrected chi connectivity index (χ0v) is 7.05. The average molecular weight is 143 g/mol. The molecule has 0 saturated carbocycles. The molecule has 0 aromatic rings. The van der Waals surface area contributed by atoms with Crippen LogP contribution in [0.2, 0.25) is 0 Å². The summed E-state index contributed by atoms with van der Waals surface area (Å²) >= 11 is 0. The lowest BCUT2D eigenvalue weighted by Gasteiger charge is -2.10. The summed E-state index contributed by atoms with van der Waals surface area (Å²) in [5, 5.41) is 0. The van der Waals surface area contributed by atoms with Gasteiger partial charge >= 0.3 is 0 Å². The van der Waals surface area contributed by atoms with E-state index in [1.54, 1.807) is 0 Å². The second-order valence-corrected chi connectivity index (χ2v) is 3.41. The summed E-state index contributed by atoms with van der Waals surface area (Å²) in [7, 11) is 0. The molecule has 0 unspecified atom stereocenters. The summed E-state index contributed by atoms with van der Waals surface area (Å²) in [5.74, 6) is 0.917. The second-order valence-electron chi connectivity index (χ2n) is 3.41. The fraction of sp³-hybridized carbons (Fsp3) is 0.875. The van der Waals surface area contributed by atoms with Crippen LogP contribution in [-0.4, -0.2) is 5.91 Å². The van der Waals surface area contributed by atoms with Crippen molar-refractivity contribution < 1.29 is 4.79 Å². The van der Waals surface area contributed by atoms with E-state index in [-0.39, 0.29) is 5.91 Å². The van der Waals surface area contributed by atoms with Gasteiger partial charge in [0.1, 0.15) is 0 Å². The molecule has 0 fully saturated rings. The molecule has 2 heteroatoms. The summed E-state index contributed by atoms with van der Waals surface area (Å²) in [6.45, 7) is 6.36. The maximum atomic E-state index is 10.4. The van der Waals surface area contributed by atoms with Gasteiger partial charge in [0.2, 0.25) is 5.91 Å². The third kappa shape index (κ3) is 5.60. The van der Waals surface area contributed by atoms with Crippen LogP contribution in [0, 0.1) is 11.8 Å². The molecule has 0 spiro atoms. The lowest BCUT2D eigenvalue weighted by molar-refractivity contribution is -0.118. The van der Waals surface area contributed by atoms with E-state index in [4.69, 9.17) is 5.73 Å². The van der Waals surface area contributed by atoms with Gasteiger partial charge in [-0.05, 0) is 18.3 Å². The largest absolute Gasteiger partial charge is 0.370 e. The molecule has 2 N–H and O–H groups in total. The van der Waals surface area contributed by atoms with Crippen LogP contribution in [0.25, 0.3) is 0 Å². The fourth-order valence-electron chi connectivity index (χ4n) is 1.23. The number of carbonyl (C=O) groups excluding carboxylic acids is 1. The predicted molar refractivity (Wildman–Crippen MR) is 42.4 cm³/mol.